The van der Waals surface area contributed by atoms with Gasteiger partial charge in [-0.3, -0.25) is 4.79 Å². The second-order valence-electron chi connectivity index (χ2n) is 2.69. The minimum atomic E-state index is -0.252. The number of aromatic amines is 1. The Bertz CT molecular complexity index is 330. The lowest BCUT2D eigenvalue weighted by Crippen LogP contribution is -2.16. The number of H-pyrrole nitrogens is 1. The number of nitrogens with two attached hydrogens (primary N) is 1. The van der Waals surface area contributed by atoms with Gasteiger partial charge < -0.3 is 15.5 Å². The highest BCUT2D eigenvalue weighted by Gasteiger charge is 2.10. The molecule has 1 unspecified atom stereocenters. The van der Waals surface area contributed by atoms with Gasteiger partial charge in [-0.2, -0.15) is 0 Å². The maximum absolute atomic E-state index is 11.0. The Morgan fingerprint density at radius 3 is 2.92 bits per heavy atom. The van der Waals surface area contributed by atoms with Gasteiger partial charge in [0.15, 0.2) is 0 Å². The van der Waals surface area contributed by atoms with Crippen LogP contribution in [0.2, 0.25) is 0 Å². The van der Waals surface area contributed by atoms with Crippen LogP contribution in [-0.4, -0.2) is 17.1 Å². The first-order valence-corrected chi connectivity index (χ1v) is 4.07. The number of nitrogens with one attached hydrogen (secondary N) is 1. The average molecular weight is 183 g/mol. The molecule has 5 heteroatoms. The first-order chi connectivity index (χ1) is 6.17. The Morgan fingerprint density at radius 2 is 2.46 bits per heavy atom. The third kappa shape index (κ3) is 2.29. The number of rotatable bonds is 3. The third-order valence-corrected chi connectivity index (χ3v) is 1.74. The van der Waals surface area contributed by atoms with Crippen LogP contribution in [0, 0.1) is 0 Å². The van der Waals surface area contributed by atoms with Crippen molar-refractivity contribution in [3.63, 3.8) is 0 Å². The van der Waals surface area contributed by atoms with E-state index in [0.717, 1.165) is 6.42 Å². The summed E-state index contributed by atoms with van der Waals surface area (Å²) in [6, 6.07) is 1.24. The van der Waals surface area contributed by atoms with E-state index < -0.39 is 0 Å². The lowest BCUT2D eigenvalue weighted by molar-refractivity contribution is 0.0925. The van der Waals surface area contributed by atoms with Crippen molar-refractivity contribution in [3.05, 3.63) is 22.2 Å². The van der Waals surface area contributed by atoms with Gasteiger partial charge in [-0.1, -0.05) is 6.92 Å². The fourth-order valence-corrected chi connectivity index (χ4v) is 1.12. The largest absolute Gasteiger partial charge is 0.383 e. The second kappa shape index (κ2) is 4.04. The summed E-state index contributed by atoms with van der Waals surface area (Å²) < 4.78 is 5.11. The lowest BCUT2D eigenvalue weighted by Gasteiger charge is -2.11. The Balaban J connectivity index is 3.06. The quantitative estimate of drug-likeness (QED) is 0.712. The molecule has 0 amide bonds. The summed E-state index contributed by atoms with van der Waals surface area (Å²) in [5.41, 5.74) is 5.17. The van der Waals surface area contributed by atoms with Crippen molar-refractivity contribution >= 4 is 5.82 Å². The molecule has 3 N–H and O–H groups in total. The van der Waals surface area contributed by atoms with E-state index in [1.165, 1.54) is 6.07 Å². The summed E-state index contributed by atoms with van der Waals surface area (Å²) in [5.74, 6) is 0.698. The molecule has 5 nitrogen and oxygen atoms in total. The molecule has 0 fully saturated rings. The molecule has 1 aromatic heterocycles. The van der Waals surface area contributed by atoms with Gasteiger partial charge in [0.05, 0.1) is 0 Å². The average Bonchev–Trinajstić information content (AvgIpc) is 2.04. The fourth-order valence-electron chi connectivity index (χ4n) is 1.12. The highest BCUT2D eigenvalue weighted by atomic mass is 16.5. The molecule has 1 aromatic rings. The van der Waals surface area contributed by atoms with E-state index in [2.05, 4.69) is 9.97 Å². The topological polar surface area (TPSA) is 81.0 Å². The number of nitrogen functional groups attached to an aromatic ring is 1. The zero-order valence-corrected chi connectivity index (χ0v) is 7.70. The molecule has 1 rings (SSSR count). The molecule has 0 saturated carbocycles. The second-order valence-corrected chi connectivity index (χ2v) is 2.69. The van der Waals surface area contributed by atoms with Crippen LogP contribution in [0.5, 0.6) is 0 Å². The Hall–Kier alpha value is -1.36. The Morgan fingerprint density at radius 1 is 1.77 bits per heavy atom. The van der Waals surface area contributed by atoms with Crippen LogP contribution in [0.1, 0.15) is 25.3 Å². The minimum absolute atomic E-state index is 0.198. The van der Waals surface area contributed by atoms with Gasteiger partial charge in [0.1, 0.15) is 17.7 Å². The number of hydrogen-bond donors (Lipinski definition) is 2. The van der Waals surface area contributed by atoms with Crippen LogP contribution in [0.15, 0.2) is 10.9 Å². The molecule has 0 saturated heterocycles. The maximum atomic E-state index is 11.0. The van der Waals surface area contributed by atoms with E-state index in [1.807, 2.05) is 6.92 Å². The summed E-state index contributed by atoms with van der Waals surface area (Å²) in [7, 11) is 1.57. The number of methoxy groups -OCH3 is 1. The number of aromatic nitrogens is 2. The molecular formula is C8H13N3O2. The van der Waals surface area contributed by atoms with E-state index in [0.29, 0.717) is 5.82 Å². The van der Waals surface area contributed by atoms with Crippen molar-refractivity contribution < 1.29 is 4.74 Å². The zero-order chi connectivity index (χ0) is 9.84. The van der Waals surface area contributed by atoms with E-state index in [9.17, 15) is 4.79 Å². The van der Waals surface area contributed by atoms with Crippen LogP contribution < -0.4 is 11.3 Å². The van der Waals surface area contributed by atoms with Crippen molar-refractivity contribution in [2.75, 3.05) is 12.8 Å². The zero-order valence-electron chi connectivity index (χ0n) is 7.70. The summed E-state index contributed by atoms with van der Waals surface area (Å²) >= 11 is 0. The van der Waals surface area contributed by atoms with Gasteiger partial charge in [-0.15, -0.1) is 0 Å². The monoisotopic (exact) mass is 183 g/mol. The standard InChI is InChI=1S/C8H13N3O2/c1-3-5(13-2)8-10-6(9)4-7(12)11-8/h4-5H,3H2,1-2H3,(H3,9,10,11,12). The van der Waals surface area contributed by atoms with Gasteiger partial charge >= 0.3 is 0 Å². The Kier molecular flexibility index (Phi) is 3.02. The lowest BCUT2D eigenvalue weighted by atomic mass is 10.2. The van der Waals surface area contributed by atoms with E-state index >= 15 is 0 Å². The van der Waals surface area contributed by atoms with Gasteiger partial charge in [0, 0.05) is 13.2 Å². The molecule has 0 aliphatic heterocycles. The summed E-state index contributed by atoms with van der Waals surface area (Å²) in [4.78, 5) is 17.6. The van der Waals surface area contributed by atoms with Crippen molar-refractivity contribution in [2.45, 2.75) is 19.4 Å². The molecule has 0 aromatic carbocycles. The molecule has 13 heavy (non-hydrogen) atoms. The summed E-state index contributed by atoms with van der Waals surface area (Å²) in [6.45, 7) is 1.94. The third-order valence-electron chi connectivity index (χ3n) is 1.74. The first-order valence-electron chi connectivity index (χ1n) is 4.07. The normalized spacial score (nSPS) is 12.8. The molecule has 0 radical (unpaired) electrons. The molecule has 72 valence electrons. The molecule has 1 atom stereocenters. The van der Waals surface area contributed by atoms with Crippen LogP contribution in [0.25, 0.3) is 0 Å². The minimum Gasteiger partial charge on any atom is -0.383 e. The number of hydrogen-bond acceptors (Lipinski definition) is 4. The van der Waals surface area contributed by atoms with Crippen LogP contribution in [0.3, 0.4) is 0 Å². The van der Waals surface area contributed by atoms with Crippen molar-refractivity contribution in [3.8, 4) is 0 Å². The number of ether oxygens (including phenoxy) is 1. The van der Waals surface area contributed by atoms with Gasteiger partial charge in [-0.25, -0.2) is 4.98 Å². The smallest absolute Gasteiger partial charge is 0.253 e. The van der Waals surface area contributed by atoms with Crippen LogP contribution in [-0.2, 0) is 4.74 Å². The first kappa shape index (κ1) is 9.73. The fraction of sp³-hybridized carbons (Fsp3) is 0.500. The predicted molar refractivity (Wildman–Crippen MR) is 49.3 cm³/mol. The van der Waals surface area contributed by atoms with Crippen molar-refractivity contribution in [1.82, 2.24) is 9.97 Å². The molecular weight excluding hydrogens is 170 g/mol. The van der Waals surface area contributed by atoms with E-state index in [4.69, 9.17) is 10.5 Å². The predicted octanol–water partition coefficient (Wildman–Crippen LogP) is 0.450. The molecule has 0 aliphatic rings. The summed E-state index contributed by atoms with van der Waals surface area (Å²) in [5, 5.41) is 0. The van der Waals surface area contributed by atoms with Crippen molar-refractivity contribution in [1.29, 1.82) is 0 Å². The molecule has 1 heterocycles. The van der Waals surface area contributed by atoms with Crippen LogP contribution >= 0.6 is 0 Å². The number of nitrogens with zero attached hydrogens (tertiary/aromatic N) is 1. The maximum Gasteiger partial charge on any atom is 0.253 e. The van der Waals surface area contributed by atoms with Gasteiger partial charge in [0.25, 0.3) is 5.56 Å². The van der Waals surface area contributed by atoms with Crippen LogP contribution in [0.4, 0.5) is 5.82 Å². The summed E-state index contributed by atoms with van der Waals surface area (Å²) in [6.07, 6.45) is 0.541. The van der Waals surface area contributed by atoms with Gasteiger partial charge in [-0.05, 0) is 6.42 Å². The van der Waals surface area contributed by atoms with Gasteiger partial charge in [0.2, 0.25) is 0 Å². The van der Waals surface area contributed by atoms with Crippen molar-refractivity contribution in [2.24, 2.45) is 0 Å². The highest BCUT2D eigenvalue weighted by Crippen LogP contribution is 2.14. The Labute approximate surface area is 75.9 Å². The number of anilines is 1. The van der Waals surface area contributed by atoms with E-state index in [1.54, 1.807) is 7.11 Å². The molecule has 0 bridgehead atoms. The van der Waals surface area contributed by atoms with E-state index in [-0.39, 0.29) is 17.5 Å². The highest BCUT2D eigenvalue weighted by molar-refractivity contribution is 5.25. The molecule has 0 spiro atoms. The molecule has 0 aliphatic carbocycles. The SMILES string of the molecule is CCC(OC)c1nc(N)cc(=O)[nH]1.